The Morgan fingerprint density at radius 2 is 2.00 bits per heavy atom. The van der Waals surface area contributed by atoms with E-state index in [0.29, 0.717) is 21.2 Å². The van der Waals surface area contributed by atoms with Gasteiger partial charge in [0.05, 0.1) is 17.9 Å². The van der Waals surface area contributed by atoms with Crippen molar-refractivity contribution < 1.29 is 14.3 Å². The van der Waals surface area contributed by atoms with Crippen molar-refractivity contribution in [3.05, 3.63) is 64.2 Å². The predicted molar refractivity (Wildman–Crippen MR) is 123 cm³/mol. The number of carbonyl (C=O) groups excluding carboxylic acids is 2. The van der Waals surface area contributed by atoms with Gasteiger partial charge >= 0.3 is 5.97 Å². The van der Waals surface area contributed by atoms with Gasteiger partial charge in [0.25, 0.3) is 0 Å². The van der Waals surface area contributed by atoms with Gasteiger partial charge < -0.3 is 10.1 Å². The Bertz CT molecular complexity index is 1150. The summed E-state index contributed by atoms with van der Waals surface area (Å²) in [6.45, 7) is 5.67. The topological polar surface area (TPSA) is 92.1 Å². The lowest BCUT2D eigenvalue weighted by Crippen LogP contribution is -2.16. The van der Waals surface area contributed by atoms with Crippen molar-refractivity contribution in [2.75, 3.05) is 17.7 Å². The number of thiophene rings is 1. The number of hydrogen-bond donors (Lipinski definition) is 1. The third-order valence-electron chi connectivity index (χ3n) is 4.37. The molecule has 1 aromatic carbocycles. The molecule has 0 saturated carbocycles. The van der Waals surface area contributed by atoms with E-state index in [-0.39, 0.29) is 18.3 Å². The highest BCUT2D eigenvalue weighted by atomic mass is 32.2. The molecule has 0 spiro atoms. The van der Waals surface area contributed by atoms with Crippen LogP contribution in [0.4, 0.5) is 5.00 Å². The first kappa shape index (κ1) is 22.5. The van der Waals surface area contributed by atoms with Crippen LogP contribution in [-0.4, -0.2) is 29.2 Å². The van der Waals surface area contributed by atoms with Crippen molar-refractivity contribution in [3.63, 3.8) is 0 Å². The summed E-state index contributed by atoms with van der Waals surface area (Å²) in [6, 6.07) is 13.5. The third kappa shape index (κ3) is 5.32. The Morgan fingerprint density at radius 3 is 2.68 bits per heavy atom. The normalized spacial score (nSPS) is 10.4. The van der Waals surface area contributed by atoms with Gasteiger partial charge in [-0.1, -0.05) is 42.1 Å². The molecule has 0 radical (unpaired) electrons. The maximum atomic E-state index is 12.6. The first-order chi connectivity index (χ1) is 14.9. The van der Waals surface area contributed by atoms with E-state index in [1.807, 2.05) is 55.6 Å². The van der Waals surface area contributed by atoms with Crippen molar-refractivity contribution in [2.24, 2.45) is 0 Å². The molecule has 0 aliphatic carbocycles. The van der Waals surface area contributed by atoms with Crippen LogP contribution in [-0.2, 0) is 9.53 Å². The second kappa shape index (κ2) is 10.2. The lowest BCUT2D eigenvalue weighted by Gasteiger charge is -2.10. The molecule has 1 N–H and O–H groups in total. The molecular weight excluding hydrogens is 430 g/mol. The van der Waals surface area contributed by atoms with Crippen LogP contribution in [0.2, 0.25) is 0 Å². The zero-order valence-corrected chi connectivity index (χ0v) is 19.0. The number of esters is 1. The average Bonchev–Trinajstić information content (AvgIpc) is 3.16. The summed E-state index contributed by atoms with van der Waals surface area (Å²) in [6.07, 6.45) is 0. The van der Waals surface area contributed by atoms with E-state index >= 15 is 0 Å². The molecule has 0 aliphatic heterocycles. The van der Waals surface area contributed by atoms with E-state index in [4.69, 9.17) is 4.74 Å². The molecular formula is C23H21N3O3S2. The molecule has 3 rings (SSSR count). The van der Waals surface area contributed by atoms with Crippen LogP contribution in [0.25, 0.3) is 11.1 Å². The monoisotopic (exact) mass is 451 g/mol. The second-order valence-electron chi connectivity index (χ2n) is 6.65. The van der Waals surface area contributed by atoms with Crippen molar-refractivity contribution in [1.29, 1.82) is 5.26 Å². The van der Waals surface area contributed by atoms with E-state index in [1.54, 1.807) is 6.92 Å². The van der Waals surface area contributed by atoms with E-state index in [2.05, 4.69) is 16.4 Å². The van der Waals surface area contributed by atoms with Gasteiger partial charge in [0.2, 0.25) is 5.91 Å². The summed E-state index contributed by atoms with van der Waals surface area (Å²) in [5.41, 5.74) is 4.02. The van der Waals surface area contributed by atoms with Crippen molar-refractivity contribution in [1.82, 2.24) is 4.98 Å². The Balaban J connectivity index is 1.81. The molecule has 2 aromatic heterocycles. The highest BCUT2D eigenvalue weighted by Crippen LogP contribution is 2.36. The van der Waals surface area contributed by atoms with E-state index < -0.39 is 5.97 Å². The summed E-state index contributed by atoms with van der Waals surface area (Å²) >= 11 is 2.48. The van der Waals surface area contributed by atoms with Crippen molar-refractivity contribution >= 4 is 40.0 Å². The number of nitrogens with one attached hydrogen (secondary N) is 1. The van der Waals surface area contributed by atoms with Gasteiger partial charge in [-0.2, -0.15) is 5.26 Å². The fraction of sp³-hybridized carbons (Fsp3) is 0.217. The number of pyridine rings is 1. The van der Waals surface area contributed by atoms with Crippen LogP contribution >= 0.6 is 23.1 Å². The number of thioether (sulfide) groups is 1. The fourth-order valence-corrected chi connectivity index (χ4v) is 4.90. The minimum atomic E-state index is -0.478. The Hall–Kier alpha value is -3.15. The molecule has 2 heterocycles. The van der Waals surface area contributed by atoms with Crippen LogP contribution in [0.3, 0.4) is 0 Å². The minimum Gasteiger partial charge on any atom is -0.462 e. The number of benzene rings is 1. The molecule has 0 unspecified atom stereocenters. The van der Waals surface area contributed by atoms with Gasteiger partial charge in [-0.25, -0.2) is 9.78 Å². The van der Waals surface area contributed by atoms with Crippen LogP contribution < -0.4 is 5.32 Å². The number of nitriles is 1. The van der Waals surface area contributed by atoms with Gasteiger partial charge in [-0.05, 0) is 38.0 Å². The number of rotatable bonds is 7. The van der Waals surface area contributed by atoms with E-state index in [0.717, 1.165) is 22.4 Å². The molecule has 158 valence electrons. The maximum absolute atomic E-state index is 12.6. The van der Waals surface area contributed by atoms with Crippen molar-refractivity contribution in [2.45, 2.75) is 25.8 Å². The largest absolute Gasteiger partial charge is 0.462 e. The fourth-order valence-electron chi connectivity index (χ4n) is 3.03. The van der Waals surface area contributed by atoms with Crippen LogP contribution in [0, 0.1) is 25.2 Å². The molecule has 1 amide bonds. The Kier molecular flexibility index (Phi) is 7.45. The lowest BCUT2D eigenvalue weighted by molar-refractivity contribution is -0.113. The minimum absolute atomic E-state index is 0.0609. The lowest BCUT2D eigenvalue weighted by atomic mass is 10.0. The number of nitrogens with zero attached hydrogens (tertiary/aromatic N) is 2. The van der Waals surface area contributed by atoms with Crippen LogP contribution in [0.15, 0.2) is 46.8 Å². The molecule has 3 aromatic rings. The molecule has 8 heteroatoms. The highest BCUT2D eigenvalue weighted by Gasteiger charge is 2.23. The number of anilines is 1. The van der Waals surface area contributed by atoms with Crippen LogP contribution in [0.1, 0.15) is 34.1 Å². The first-order valence-corrected chi connectivity index (χ1v) is 11.5. The van der Waals surface area contributed by atoms with Crippen molar-refractivity contribution in [3.8, 4) is 17.2 Å². The molecule has 0 fully saturated rings. The summed E-state index contributed by atoms with van der Waals surface area (Å²) in [7, 11) is 0. The summed E-state index contributed by atoms with van der Waals surface area (Å²) in [4.78, 5) is 29.7. The summed E-state index contributed by atoms with van der Waals surface area (Å²) < 4.78 is 5.22. The number of aryl methyl sites for hydroxylation is 2. The standard InChI is InChI=1S/C23H21N3O3S2/c1-4-29-23(28)20-18(16-8-6-5-7-9-16)12-30-22(20)26-19(27)13-31-21-17(11-24)14(2)10-15(3)25-21/h5-10,12H,4,13H2,1-3H3,(H,26,27). The number of hydrogen-bond acceptors (Lipinski definition) is 7. The molecule has 31 heavy (non-hydrogen) atoms. The number of amides is 1. The van der Waals surface area contributed by atoms with Crippen LogP contribution in [0.5, 0.6) is 0 Å². The maximum Gasteiger partial charge on any atom is 0.341 e. The summed E-state index contributed by atoms with van der Waals surface area (Å²) in [5.74, 6) is -0.707. The molecule has 0 aliphatic rings. The number of aromatic nitrogens is 1. The zero-order valence-electron chi connectivity index (χ0n) is 17.4. The Labute approximate surface area is 189 Å². The van der Waals surface area contributed by atoms with Gasteiger partial charge in [0, 0.05) is 16.6 Å². The van der Waals surface area contributed by atoms with Gasteiger partial charge in [-0.3, -0.25) is 4.79 Å². The SMILES string of the molecule is CCOC(=O)c1c(-c2ccccc2)csc1NC(=O)CSc1nc(C)cc(C)c1C#N. The second-order valence-corrected chi connectivity index (χ2v) is 8.49. The quantitative estimate of drug-likeness (QED) is 0.392. The zero-order chi connectivity index (χ0) is 22.4. The summed E-state index contributed by atoms with van der Waals surface area (Å²) in [5, 5.41) is 15.0. The highest BCUT2D eigenvalue weighted by molar-refractivity contribution is 8.00. The molecule has 0 atom stereocenters. The van der Waals surface area contributed by atoms with Gasteiger partial charge in [0.1, 0.15) is 21.7 Å². The first-order valence-electron chi connectivity index (χ1n) is 9.59. The van der Waals surface area contributed by atoms with E-state index in [9.17, 15) is 14.9 Å². The number of ether oxygens (including phenoxy) is 1. The van der Waals surface area contributed by atoms with Gasteiger partial charge in [-0.15, -0.1) is 11.3 Å². The third-order valence-corrected chi connectivity index (χ3v) is 6.24. The smallest absolute Gasteiger partial charge is 0.341 e. The number of carbonyl (C=O) groups is 2. The van der Waals surface area contributed by atoms with Gasteiger partial charge in [0.15, 0.2) is 0 Å². The molecule has 0 bridgehead atoms. The molecule has 6 nitrogen and oxygen atoms in total. The predicted octanol–water partition coefficient (Wildman–Crippen LogP) is 5.21. The Morgan fingerprint density at radius 1 is 1.26 bits per heavy atom. The van der Waals surface area contributed by atoms with E-state index in [1.165, 1.54) is 23.1 Å². The average molecular weight is 452 g/mol. The molecule has 0 saturated heterocycles.